The Morgan fingerprint density at radius 2 is 2.25 bits per heavy atom. The first-order valence-electron chi connectivity index (χ1n) is 4.56. The lowest BCUT2D eigenvalue weighted by molar-refractivity contribution is 0.795. The third-order valence-corrected chi connectivity index (χ3v) is 3.25. The maximum absolute atomic E-state index is 5.79. The molecule has 2 aromatic heterocycles. The van der Waals surface area contributed by atoms with Crippen LogP contribution in [0, 0.1) is 0 Å². The van der Waals surface area contributed by atoms with Crippen LogP contribution in [0.15, 0.2) is 23.4 Å². The van der Waals surface area contributed by atoms with Gasteiger partial charge in [-0.25, -0.2) is 4.98 Å². The van der Waals surface area contributed by atoms with Gasteiger partial charge in [-0.2, -0.15) is 0 Å². The van der Waals surface area contributed by atoms with Crippen molar-refractivity contribution in [1.29, 1.82) is 0 Å². The molecule has 2 rings (SSSR count). The molecule has 16 heavy (non-hydrogen) atoms. The van der Waals surface area contributed by atoms with E-state index in [1.807, 2.05) is 19.2 Å². The summed E-state index contributed by atoms with van der Waals surface area (Å²) in [6, 6.07) is 5.53. The van der Waals surface area contributed by atoms with E-state index in [4.69, 9.17) is 17.3 Å². The van der Waals surface area contributed by atoms with Crippen LogP contribution >= 0.6 is 23.4 Å². The average molecular weight is 256 g/mol. The van der Waals surface area contributed by atoms with Gasteiger partial charge in [0.1, 0.15) is 5.15 Å². The van der Waals surface area contributed by atoms with E-state index in [9.17, 15) is 0 Å². The van der Waals surface area contributed by atoms with Gasteiger partial charge in [-0.15, -0.1) is 10.2 Å². The van der Waals surface area contributed by atoms with Crippen molar-refractivity contribution >= 4 is 29.3 Å². The highest BCUT2D eigenvalue weighted by atomic mass is 35.5. The summed E-state index contributed by atoms with van der Waals surface area (Å²) in [4.78, 5) is 4.18. The van der Waals surface area contributed by atoms with Crippen LogP contribution in [-0.2, 0) is 12.8 Å². The minimum atomic E-state index is 0.404. The molecule has 2 N–H and O–H groups in total. The van der Waals surface area contributed by atoms with Crippen LogP contribution in [0.4, 0.5) is 5.95 Å². The first kappa shape index (κ1) is 11.2. The number of rotatable bonds is 3. The molecule has 0 radical (unpaired) electrons. The second-order valence-electron chi connectivity index (χ2n) is 3.14. The fourth-order valence-corrected chi connectivity index (χ4v) is 2.13. The van der Waals surface area contributed by atoms with Crippen LogP contribution in [0.3, 0.4) is 0 Å². The molecule has 0 aromatic carbocycles. The van der Waals surface area contributed by atoms with E-state index < -0.39 is 0 Å². The van der Waals surface area contributed by atoms with E-state index in [1.165, 1.54) is 11.8 Å². The number of hydrogen-bond acceptors (Lipinski definition) is 5. The molecule has 0 bridgehead atoms. The van der Waals surface area contributed by atoms with Gasteiger partial charge in [-0.3, -0.25) is 4.57 Å². The third kappa shape index (κ3) is 2.45. The van der Waals surface area contributed by atoms with Crippen molar-refractivity contribution in [3.63, 3.8) is 0 Å². The number of anilines is 1. The molecule has 0 aliphatic heterocycles. The summed E-state index contributed by atoms with van der Waals surface area (Å²) in [5, 5.41) is 8.97. The summed E-state index contributed by atoms with van der Waals surface area (Å²) >= 11 is 7.31. The summed E-state index contributed by atoms with van der Waals surface area (Å²) in [7, 11) is 1.82. The van der Waals surface area contributed by atoms with Crippen LogP contribution in [0.2, 0.25) is 5.15 Å². The normalized spacial score (nSPS) is 10.6. The summed E-state index contributed by atoms with van der Waals surface area (Å²) in [5.74, 6) is 1.09. The van der Waals surface area contributed by atoms with Gasteiger partial charge in [0.2, 0.25) is 5.95 Å². The van der Waals surface area contributed by atoms with Gasteiger partial charge in [0.15, 0.2) is 5.16 Å². The van der Waals surface area contributed by atoms with E-state index in [0.717, 1.165) is 10.9 Å². The number of halogens is 1. The van der Waals surface area contributed by atoms with Crippen molar-refractivity contribution in [2.24, 2.45) is 7.05 Å². The van der Waals surface area contributed by atoms with Crippen molar-refractivity contribution in [3.05, 3.63) is 29.0 Å². The summed E-state index contributed by atoms with van der Waals surface area (Å²) in [6.45, 7) is 0. The third-order valence-electron chi connectivity index (χ3n) is 1.99. The monoisotopic (exact) mass is 255 g/mol. The number of nitrogen functional groups attached to an aromatic ring is 1. The Bertz CT molecular complexity index is 498. The zero-order valence-electron chi connectivity index (χ0n) is 8.59. The number of aromatic nitrogens is 4. The minimum absolute atomic E-state index is 0.404. The van der Waals surface area contributed by atoms with Crippen molar-refractivity contribution in [2.75, 3.05) is 5.73 Å². The highest BCUT2D eigenvalue weighted by Crippen LogP contribution is 2.21. The van der Waals surface area contributed by atoms with Gasteiger partial charge in [0.25, 0.3) is 0 Å². The first-order valence-corrected chi connectivity index (χ1v) is 5.92. The van der Waals surface area contributed by atoms with Crippen LogP contribution in [0.25, 0.3) is 0 Å². The molecule has 0 spiro atoms. The lowest BCUT2D eigenvalue weighted by Crippen LogP contribution is -1.98. The Morgan fingerprint density at radius 3 is 2.88 bits per heavy atom. The maximum atomic E-state index is 5.79. The van der Waals surface area contributed by atoms with Crippen LogP contribution in [-0.4, -0.2) is 19.7 Å². The van der Waals surface area contributed by atoms with Crippen molar-refractivity contribution < 1.29 is 0 Å². The van der Waals surface area contributed by atoms with Crippen molar-refractivity contribution in [3.8, 4) is 0 Å². The lowest BCUT2D eigenvalue weighted by atomic mass is 10.4. The fraction of sp³-hybridized carbons (Fsp3) is 0.222. The quantitative estimate of drug-likeness (QED) is 0.668. The van der Waals surface area contributed by atoms with Gasteiger partial charge in [0, 0.05) is 12.8 Å². The number of hydrogen-bond donors (Lipinski definition) is 1. The maximum Gasteiger partial charge on any atom is 0.222 e. The van der Waals surface area contributed by atoms with Gasteiger partial charge in [0.05, 0.1) is 5.69 Å². The molecule has 2 heterocycles. The topological polar surface area (TPSA) is 69.6 Å². The molecule has 5 nitrogen and oxygen atoms in total. The molecule has 0 saturated heterocycles. The van der Waals surface area contributed by atoms with Gasteiger partial charge >= 0.3 is 0 Å². The predicted molar refractivity (Wildman–Crippen MR) is 64.2 cm³/mol. The summed E-state index contributed by atoms with van der Waals surface area (Å²) in [5.41, 5.74) is 6.47. The zero-order valence-corrected chi connectivity index (χ0v) is 10.2. The average Bonchev–Trinajstić information content (AvgIpc) is 2.57. The summed E-state index contributed by atoms with van der Waals surface area (Å²) < 4.78 is 1.73. The molecule has 2 aromatic rings. The number of nitrogens with zero attached hydrogens (tertiary/aromatic N) is 4. The van der Waals surface area contributed by atoms with E-state index in [0.29, 0.717) is 16.9 Å². The van der Waals surface area contributed by atoms with Crippen molar-refractivity contribution in [2.45, 2.75) is 10.9 Å². The van der Waals surface area contributed by atoms with E-state index in [2.05, 4.69) is 15.2 Å². The van der Waals surface area contributed by atoms with E-state index in [1.54, 1.807) is 10.6 Å². The number of nitrogens with two attached hydrogens (primary N) is 1. The smallest absolute Gasteiger partial charge is 0.222 e. The molecule has 0 fully saturated rings. The predicted octanol–water partition coefficient (Wildman–Crippen LogP) is 1.74. The first-order chi connectivity index (χ1) is 7.66. The highest BCUT2D eigenvalue weighted by molar-refractivity contribution is 7.98. The number of thioether (sulfide) groups is 1. The van der Waals surface area contributed by atoms with Crippen molar-refractivity contribution in [1.82, 2.24) is 19.7 Å². The second-order valence-corrected chi connectivity index (χ2v) is 4.47. The Balaban J connectivity index is 2.05. The minimum Gasteiger partial charge on any atom is -0.368 e. The molecule has 7 heteroatoms. The van der Waals surface area contributed by atoms with Crippen LogP contribution in [0.5, 0.6) is 0 Å². The Labute approximate surface area is 102 Å². The standard InChI is InChI=1S/C9H10ClN5S/c1-15-8(11)13-14-9(15)16-5-6-3-2-4-7(10)12-6/h2-4H,5H2,1H3,(H2,11,13). The lowest BCUT2D eigenvalue weighted by Gasteiger charge is -2.01. The second kappa shape index (κ2) is 4.71. The molecule has 0 amide bonds. The van der Waals surface area contributed by atoms with E-state index >= 15 is 0 Å². The Hall–Kier alpha value is -1.27. The Kier molecular flexibility index (Phi) is 3.31. The van der Waals surface area contributed by atoms with Gasteiger partial charge < -0.3 is 5.73 Å². The molecule has 0 aliphatic carbocycles. The molecule has 0 saturated carbocycles. The molecule has 0 atom stereocenters. The van der Waals surface area contributed by atoms with E-state index in [-0.39, 0.29) is 0 Å². The zero-order chi connectivity index (χ0) is 11.5. The van der Waals surface area contributed by atoms with Crippen LogP contribution in [0.1, 0.15) is 5.69 Å². The molecular formula is C9H10ClN5S. The molecule has 0 unspecified atom stereocenters. The van der Waals surface area contributed by atoms with Gasteiger partial charge in [-0.05, 0) is 12.1 Å². The Morgan fingerprint density at radius 1 is 1.44 bits per heavy atom. The molecule has 84 valence electrons. The summed E-state index contributed by atoms with van der Waals surface area (Å²) in [6.07, 6.45) is 0. The highest BCUT2D eigenvalue weighted by Gasteiger charge is 2.06. The fourth-order valence-electron chi connectivity index (χ4n) is 1.12. The number of pyridine rings is 1. The SMILES string of the molecule is Cn1c(N)nnc1SCc1cccc(Cl)n1. The molecule has 0 aliphatic rings. The molecular weight excluding hydrogens is 246 g/mol. The van der Waals surface area contributed by atoms with Crippen LogP contribution < -0.4 is 5.73 Å². The largest absolute Gasteiger partial charge is 0.368 e. The van der Waals surface area contributed by atoms with Gasteiger partial charge in [-0.1, -0.05) is 29.4 Å².